The third kappa shape index (κ3) is 5.90. The Balaban J connectivity index is 1.27. The van der Waals surface area contributed by atoms with Crippen molar-refractivity contribution in [1.82, 2.24) is 20.2 Å². The number of carbonyl (C=O) groups excluding carboxylic acids is 1. The lowest BCUT2D eigenvalue weighted by Gasteiger charge is -2.10. The minimum absolute atomic E-state index is 0.155. The molecular formula is C31H27N5OS. The molecule has 1 N–H and O–H groups in total. The van der Waals surface area contributed by atoms with E-state index in [4.69, 9.17) is 0 Å². The number of carbonyl (C=O) groups is 1. The smallest absolute Gasteiger partial charge is 0.250 e. The zero-order valence-corrected chi connectivity index (χ0v) is 22.0. The molecule has 7 heteroatoms. The summed E-state index contributed by atoms with van der Waals surface area (Å²) in [5.74, 6) is 0.671. The van der Waals surface area contributed by atoms with Crippen LogP contribution in [0.3, 0.4) is 0 Å². The molecule has 0 aliphatic rings. The van der Waals surface area contributed by atoms with Crippen LogP contribution in [0.4, 0.5) is 0 Å². The fourth-order valence-electron chi connectivity index (χ4n) is 3.97. The van der Waals surface area contributed by atoms with Gasteiger partial charge in [-0.2, -0.15) is 5.10 Å². The van der Waals surface area contributed by atoms with E-state index in [0.717, 1.165) is 39.5 Å². The first-order chi connectivity index (χ1) is 18.6. The van der Waals surface area contributed by atoms with Gasteiger partial charge < -0.3 is 0 Å². The van der Waals surface area contributed by atoms with Gasteiger partial charge in [0.2, 0.25) is 0 Å². The molecule has 0 atom stereocenters. The fraction of sp³-hybridized carbons (Fsp3) is 0.0968. The first-order valence-electron chi connectivity index (χ1n) is 12.3. The van der Waals surface area contributed by atoms with Crippen LogP contribution < -0.4 is 5.43 Å². The highest BCUT2D eigenvalue weighted by Crippen LogP contribution is 2.28. The molecule has 0 bridgehead atoms. The van der Waals surface area contributed by atoms with Crippen molar-refractivity contribution in [3.8, 4) is 28.2 Å². The van der Waals surface area contributed by atoms with Crippen LogP contribution in [0.15, 0.2) is 119 Å². The minimum atomic E-state index is -0.213. The number of thioether (sulfide) groups is 1. The number of nitrogens with zero attached hydrogens (tertiary/aromatic N) is 4. The molecule has 0 radical (unpaired) electrons. The Morgan fingerprint density at radius 3 is 2.08 bits per heavy atom. The van der Waals surface area contributed by atoms with Gasteiger partial charge in [0.1, 0.15) is 0 Å². The molecule has 4 aromatic carbocycles. The summed E-state index contributed by atoms with van der Waals surface area (Å²) in [6.07, 6.45) is 0. The second-order valence-electron chi connectivity index (χ2n) is 8.81. The van der Waals surface area contributed by atoms with Gasteiger partial charge >= 0.3 is 0 Å². The summed E-state index contributed by atoms with van der Waals surface area (Å²) >= 11 is 1.32. The lowest BCUT2D eigenvalue weighted by molar-refractivity contribution is -0.118. The van der Waals surface area contributed by atoms with Crippen LogP contribution in [-0.4, -0.2) is 32.1 Å². The van der Waals surface area contributed by atoms with E-state index in [2.05, 4.69) is 64.0 Å². The highest BCUT2D eigenvalue weighted by Gasteiger charge is 2.17. The van der Waals surface area contributed by atoms with Gasteiger partial charge in [0.05, 0.1) is 11.5 Å². The van der Waals surface area contributed by atoms with Gasteiger partial charge in [-0.25, -0.2) is 5.43 Å². The SMILES string of the molecule is C/C(=N\NC(=O)CSc1nnc(-c2ccc(C)cc2)n1-c1ccccc1)c1ccc(-c2ccccc2)cc1. The molecule has 1 heterocycles. The summed E-state index contributed by atoms with van der Waals surface area (Å²) in [6, 6.07) is 36.4. The molecule has 0 aliphatic heterocycles. The molecule has 0 saturated heterocycles. The van der Waals surface area contributed by atoms with Gasteiger partial charge in [-0.3, -0.25) is 9.36 Å². The quantitative estimate of drug-likeness (QED) is 0.144. The normalized spacial score (nSPS) is 11.4. The molecule has 0 saturated carbocycles. The molecule has 0 fully saturated rings. The fourth-order valence-corrected chi connectivity index (χ4v) is 4.71. The van der Waals surface area contributed by atoms with Crippen molar-refractivity contribution in [3.05, 3.63) is 120 Å². The number of hydrogen-bond donors (Lipinski definition) is 1. The van der Waals surface area contributed by atoms with Crippen molar-refractivity contribution in [3.63, 3.8) is 0 Å². The number of amides is 1. The zero-order chi connectivity index (χ0) is 26.3. The molecule has 1 aromatic heterocycles. The van der Waals surface area contributed by atoms with E-state index < -0.39 is 0 Å². The Morgan fingerprint density at radius 1 is 0.789 bits per heavy atom. The van der Waals surface area contributed by atoms with Crippen LogP contribution in [0.5, 0.6) is 0 Å². The second kappa shape index (κ2) is 11.7. The Hall–Kier alpha value is -4.49. The Kier molecular flexibility index (Phi) is 7.75. The molecule has 0 spiro atoms. The largest absolute Gasteiger partial charge is 0.272 e. The molecule has 0 unspecified atom stereocenters. The lowest BCUT2D eigenvalue weighted by Crippen LogP contribution is -2.21. The molecular weight excluding hydrogens is 490 g/mol. The van der Waals surface area contributed by atoms with Gasteiger partial charge in [0.25, 0.3) is 5.91 Å². The molecule has 0 aliphatic carbocycles. The number of hydrazone groups is 1. The second-order valence-corrected chi connectivity index (χ2v) is 9.75. The average Bonchev–Trinajstić information content (AvgIpc) is 3.40. The highest BCUT2D eigenvalue weighted by atomic mass is 32.2. The van der Waals surface area contributed by atoms with Gasteiger partial charge in [-0.15, -0.1) is 10.2 Å². The molecule has 38 heavy (non-hydrogen) atoms. The number of aromatic nitrogens is 3. The Labute approximate surface area is 226 Å². The number of benzene rings is 4. The summed E-state index contributed by atoms with van der Waals surface area (Å²) in [5.41, 5.74) is 9.72. The summed E-state index contributed by atoms with van der Waals surface area (Å²) in [4.78, 5) is 12.7. The zero-order valence-electron chi connectivity index (χ0n) is 21.2. The summed E-state index contributed by atoms with van der Waals surface area (Å²) < 4.78 is 1.98. The van der Waals surface area contributed by atoms with Crippen LogP contribution in [0.25, 0.3) is 28.2 Å². The van der Waals surface area contributed by atoms with Crippen molar-refractivity contribution in [2.45, 2.75) is 19.0 Å². The van der Waals surface area contributed by atoms with Crippen LogP contribution in [-0.2, 0) is 4.79 Å². The predicted octanol–water partition coefficient (Wildman–Crippen LogP) is 6.54. The van der Waals surface area contributed by atoms with Gasteiger partial charge in [-0.05, 0) is 42.7 Å². The number of rotatable bonds is 8. The third-order valence-corrected chi connectivity index (χ3v) is 6.98. The summed E-state index contributed by atoms with van der Waals surface area (Å²) in [7, 11) is 0. The lowest BCUT2D eigenvalue weighted by atomic mass is 10.0. The van der Waals surface area contributed by atoms with E-state index in [1.54, 1.807) is 0 Å². The van der Waals surface area contributed by atoms with Crippen molar-refractivity contribution in [2.24, 2.45) is 5.10 Å². The highest BCUT2D eigenvalue weighted by molar-refractivity contribution is 7.99. The standard InChI is InChI=1S/C31H27N5OS/c1-22-13-15-27(16-14-22)30-34-35-31(36(30)28-11-7-4-8-12-28)38-21-29(37)33-32-23(2)24-17-19-26(20-18-24)25-9-5-3-6-10-25/h3-20H,21H2,1-2H3,(H,33,37)/b32-23+. The molecule has 188 valence electrons. The number of aryl methyl sites for hydroxylation is 1. The van der Waals surface area contributed by atoms with Crippen molar-refractivity contribution >= 4 is 23.4 Å². The van der Waals surface area contributed by atoms with E-state index in [0.29, 0.717) is 5.16 Å². The van der Waals surface area contributed by atoms with E-state index >= 15 is 0 Å². The average molecular weight is 518 g/mol. The predicted molar refractivity (Wildman–Crippen MR) is 154 cm³/mol. The topological polar surface area (TPSA) is 72.2 Å². The van der Waals surface area contributed by atoms with Crippen LogP contribution in [0, 0.1) is 6.92 Å². The van der Waals surface area contributed by atoms with Crippen LogP contribution in [0.1, 0.15) is 18.1 Å². The van der Waals surface area contributed by atoms with Crippen LogP contribution >= 0.6 is 11.8 Å². The van der Waals surface area contributed by atoms with Crippen LogP contribution in [0.2, 0.25) is 0 Å². The Bertz CT molecular complexity index is 1540. The number of para-hydroxylation sites is 1. The van der Waals surface area contributed by atoms with Crippen molar-refractivity contribution < 1.29 is 4.79 Å². The molecule has 6 nitrogen and oxygen atoms in total. The first-order valence-corrected chi connectivity index (χ1v) is 13.3. The summed E-state index contributed by atoms with van der Waals surface area (Å²) in [6.45, 7) is 3.93. The number of nitrogens with one attached hydrogen (secondary N) is 1. The maximum absolute atomic E-state index is 12.7. The van der Waals surface area contributed by atoms with Crippen molar-refractivity contribution in [1.29, 1.82) is 0 Å². The van der Waals surface area contributed by atoms with E-state index in [-0.39, 0.29) is 11.7 Å². The van der Waals surface area contributed by atoms with Gasteiger partial charge in [-0.1, -0.05) is 114 Å². The minimum Gasteiger partial charge on any atom is -0.272 e. The van der Waals surface area contributed by atoms with Crippen molar-refractivity contribution in [2.75, 3.05) is 5.75 Å². The number of hydrogen-bond acceptors (Lipinski definition) is 5. The summed E-state index contributed by atoms with van der Waals surface area (Å²) in [5, 5.41) is 13.8. The first kappa shape index (κ1) is 25.2. The van der Waals surface area contributed by atoms with E-state index in [1.807, 2.05) is 84.3 Å². The molecule has 1 amide bonds. The van der Waals surface area contributed by atoms with Gasteiger partial charge in [0.15, 0.2) is 11.0 Å². The monoisotopic (exact) mass is 517 g/mol. The maximum Gasteiger partial charge on any atom is 0.250 e. The van der Waals surface area contributed by atoms with Gasteiger partial charge in [0, 0.05) is 11.3 Å². The maximum atomic E-state index is 12.7. The van der Waals surface area contributed by atoms with E-state index in [1.165, 1.54) is 17.3 Å². The molecule has 5 rings (SSSR count). The molecule has 5 aromatic rings. The Morgan fingerprint density at radius 2 is 1.39 bits per heavy atom. The van der Waals surface area contributed by atoms with E-state index in [9.17, 15) is 4.79 Å². The third-order valence-electron chi connectivity index (χ3n) is 6.05.